The van der Waals surface area contributed by atoms with Crippen LogP contribution in [-0.2, 0) is 22.6 Å². The van der Waals surface area contributed by atoms with Crippen LogP contribution in [0.1, 0.15) is 32.3 Å². The maximum atomic E-state index is 14.0. The summed E-state index contributed by atoms with van der Waals surface area (Å²) in [6.45, 7) is 6.58. The summed E-state index contributed by atoms with van der Waals surface area (Å²) < 4.78 is 21.7. The van der Waals surface area contributed by atoms with E-state index in [4.69, 9.17) is 14.6 Å². The third-order valence-corrected chi connectivity index (χ3v) is 6.12. The highest BCUT2D eigenvalue weighted by atomic mass is 19.1. The lowest BCUT2D eigenvalue weighted by molar-refractivity contribution is -0.123. The molecule has 1 fully saturated rings. The summed E-state index contributed by atoms with van der Waals surface area (Å²) in [7, 11) is 1.37. The first-order valence-electron chi connectivity index (χ1n) is 12.5. The summed E-state index contributed by atoms with van der Waals surface area (Å²) in [5.41, 5.74) is 1.80. The van der Waals surface area contributed by atoms with Gasteiger partial charge in [-0.2, -0.15) is 4.68 Å². The van der Waals surface area contributed by atoms with Gasteiger partial charge in [0.2, 0.25) is 5.91 Å². The highest BCUT2D eigenvalue weighted by Gasteiger charge is 2.20. The Morgan fingerprint density at radius 3 is 2.45 bits per heavy atom. The Labute approximate surface area is 220 Å². The molecule has 3 aromatic rings. The lowest BCUT2D eigenvalue weighted by atomic mass is 10.1. The summed E-state index contributed by atoms with van der Waals surface area (Å²) >= 11 is 0. The number of benzene rings is 2. The number of hydrogen-bond donors (Lipinski definition) is 2. The minimum absolute atomic E-state index is 0.0324. The fourth-order valence-electron chi connectivity index (χ4n) is 4.33. The van der Waals surface area contributed by atoms with Crippen molar-refractivity contribution in [1.29, 1.82) is 0 Å². The van der Waals surface area contributed by atoms with Crippen molar-refractivity contribution in [2.75, 3.05) is 26.7 Å². The van der Waals surface area contributed by atoms with E-state index in [2.05, 4.69) is 15.3 Å². The van der Waals surface area contributed by atoms with Crippen LogP contribution in [0.4, 0.5) is 4.39 Å². The number of ether oxygens (including phenoxy) is 1. The molecular weight excluding hydrogens is 493 g/mol. The number of nitrogens with one attached hydrogen (secondary N) is 1. The van der Waals surface area contributed by atoms with E-state index in [9.17, 15) is 14.0 Å². The number of carbonyl (C=O) groups is 2. The number of carbonyl (C=O) groups excluding carboxylic acids is 1. The van der Waals surface area contributed by atoms with Gasteiger partial charge in [-0.15, -0.1) is 5.10 Å². The number of amides is 1. The van der Waals surface area contributed by atoms with Gasteiger partial charge in [-0.25, -0.2) is 9.18 Å². The number of methoxy groups -OCH3 is 1. The number of likely N-dealkylation sites (tertiary alicyclic amines) is 1. The molecule has 2 N–H and O–H groups in total. The standard InChI is InChI=1S/C26H32FN5O3.CH2O2/c1-18(2)28-24(33)17-31-25(20-8-11-22(27)23(16-20)35-3)29-32(26(31)34)21-9-6-19(7-10-21)12-15-30-13-4-5-14-30;2-1-3/h6-11,16,18H,4-5,12-15,17H2,1-3H3,(H,28,33);1H,(H,2,3). The molecule has 1 aliphatic heterocycles. The normalized spacial score (nSPS) is 13.2. The molecule has 0 radical (unpaired) electrons. The average Bonchev–Trinajstić information content (AvgIpc) is 3.52. The van der Waals surface area contributed by atoms with E-state index in [1.54, 1.807) is 0 Å². The van der Waals surface area contributed by atoms with Crippen LogP contribution in [0.15, 0.2) is 47.3 Å². The maximum Gasteiger partial charge on any atom is 0.351 e. The van der Waals surface area contributed by atoms with Gasteiger partial charge in [0.1, 0.15) is 6.54 Å². The first-order chi connectivity index (χ1) is 18.3. The third kappa shape index (κ3) is 7.28. The summed E-state index contributed by atoms with van der Waals surface area (Å²) in [6, 6.07) is 11.9. The zero-order valence-electron chi connectivity index (χ0n) is 21.9. The Balaban J connectivity index is 0.00000127. The molecule has 10 nitrogen and oxygen atoms in total. The Morgan fingerprint density at radius 2 is 1.84 bits per heavy atom. The quantitative estimate of drug-likeness (QED) is 0.411. The Hall–Kier alpha value is -3.99. The van der Waals surface area contributed by atoms with Crippen molar-refractivity contribution < 1.29 is 23.8 Å². The lowest BCUT2D eigenvalue weighted by Crippen LogP contribution is -2.36. The predicted molar refractivity (Wildman–Crippen MR) is 141 cm³/mol. The van der Waals surface area contributed by atoms with Gasteiger partial charge in [0.05, 0.1) is 12.8 Å². The molecule has 4 rings (SSSR count). The van der Waals surface area contributed by atoms with Gasteiger partial charge in [-0.3, -0.25) is 14.2 Å². The van der Waals surface area contributed by atoms with Crippen molar-refractivity contribution in [3.05, 3.63) is 64.3 Å². The van der Waals surface area contributed by atoms with Crippen molar-refractivity contribution in [2.45, 2.75) is 45.7 Å². The molecule has 2 aromatic carbocycles. The van der Waals surface area contributed by atoms with Crippen molar-refractivity contribution in [1.82, 2.24) is 24.6 Å². The van der Waals surface area contributed by atoms with E-state index in [1.165, 1.54) is 53.0 Å². The molecule has 38 heavy (non-hydrogen) atoms. The van der Waals surface area contributed by atoms with Gasteiger partial charge in [-0.1, -0.05) is 12.1 Å². The molecule has 2 heterocycles. The smallest absolute Gasteiger partial charge is 0.351 e. The van der Waals surface area contributed by atoms with E-state index in [0.717, 1.165) is 26.1 Å². The second-order valence-corrected chi connectivity index (χ2v) is 9.25. The Morgan fingerprint density at radius 1 is 1.18 bits per heavy atom. The molecule has 204 valence electrons. The summed E-state index contributed by atoms with van der Waals surface area (Å²) in [6.07, 6.45) is 3.48. The maximum absolute atomic E-state index is 14.0. The van der Waals surface area contributed by atoms with Gasteiger partial charge >= 0.3 is 5.69 Å². The molecule has 1 amide bonds. The van der Waals surface area contributed by atoms with Crippen LogP contribution in [0, 0.1) is 5.82 Å². The molecule has 11 heteroatoms. The molecule has 0 spiro atoms. The molecule has 1 saturated heterocycles. The van der Waals surface area contributed by atoms with Crippen LogP contribution in [-0.4, -0.2) is 69.5 Å². The molecular formula is C27H34FN5O5. The van der Waals surface area contributed by atoms with Gasteiger partial charge in [0.25, 0.3) is 6.47 Å². The van der Waals surface area contributed by atoms with Crippen LogP contribution in [0.5, 0.6) is 5.75 Å². The van der Waals surface area contributed by atoms with Crippen LogP contribution >= 0.6 is 0 Å². The minimum atomic E-state index is -0.522. The lowest BCUT2D eigenvalue weighted by Gasteiger charge is -2.14. The summed E-state index contributed by atoms with van der Waals surface area (Å²) in [4.78, 5) is 36.7. The van der Waals surface area contributed by atoms with Crippen LogP contribution in [0.25, 0.3) is 17.1 Å². The molecule has 0 saturated carbocycles. The molecule has 0 unspecified atom stereocenters. The first kappa shape index (κ1) is 28.6. The van der Waals surface area contributed by atoms with E-state index < -0.39 is 11.5 Å². The zero-order valence-corrected chi connectivity index (χ0v) is 21.9. The second kappa shape index (κ2) is 13.5. The number of nitrogens with zero attached hydrogens (tertiary/aromatic N) is 4. The molecule has 0 atom stereocenters. The topological polar surface area (TPSA) is 119 Å². The fraction of sp³-hybridized carbons (Fsp3) is 0.407. The monoisotopic (exact) mass is 527 g/mol. The fourth-order valence-corrected chi connectivity index (χ4v) is 4.33. The molecule has 0 bridgehead atoms. The number of rotatable bonds is 9. The number of hydrogen-bond acceptors (Lipinski definition) is 6. The number of aromatic nitrogens is 3. The van der Waals surface area contributed by atoms with Gasteiger partial charge in [0.15, 0.2) is 17.4 Å². The van der Waals surface area contributed by atoms with Gasteiger partial charge < -0.3 is 20.1 Å². The third-order valence-electron chi connectivity index (χ3n) is 6.12. The minimum Gasteiger partial charge on any atom is -0.494 e. The van der Waals surface area contributed by atoms with Crippen LogP contribution in [0.2, 0.25) is 0 Å². The Bertz CT molecular complexity index is 1280. The zero-order chi connectivity index (χ0) is 27.7. The second-order valence-electron chi connectivity index (χ2n) is 9.25. The molecule has 1 aromatic heterocycles. The highest BCUT2D eigenvalue weighted by molar-refractivity contribution is 5.76. The van der Waals surface area contributed by atoms with E-state index >= 15 is 0 Å². The van der Waals surface area contributed by atoms with Crippen LogP contribution < -0.4 is 15.7 Å². The van der Waals surface area contributed by atoms with Crippen molar-refractivity contribution in [2.24, 2.45) is 0 Å². The van der Waals surface area contributed by atoms with Crippen molar-refractivity contribution in [3.63, 3.8) is 0 Å². The number of halogens is 1. The average molecular weight is 528 g/mol. The van der Waals surface area contributed by atoms with E-state index in [0.29, 0.717) is 11.3 Å². The first-order valence-corrected chi connectivity index (χ1v) is 12.5. The van der Waals surface area contributed by atoms with E-state index in [-0.39, 0.29) is 36.5 Å². The van der Waals surface area contributed by atoms with Crippen molar-refractivity contribution in [3.8, 4) is 22.8 Å². The highest BCUT2D eigenvalue weighted by Crippen LogP contribution is 2.25. The predicted octanol–water partition coefficient (Wildman–Crippen LogP) is 2.71. The van der Waals surface area contributed by atoms with Crippen molar-refractivity contribution >= 4 is 12.4 Å². The number of carboxylic acid groups (broad SMARTS) is 1. The van der Waals surface area contributed by atoms with Crippen LogP contribution in [0.3, 0.4) is 0 Å². The van der Waals surface area contributed by atoms with Gasteiger partial charge in [-0.05, 0) is 82.1 Å². The Kier molecular flexibility index (Phi) is 10.2. The largest absolute Gasteiger partial charge is 0.494 e. The van der Waals surface area contributed by atoms with E-state index in [1.807, 2.05) is 38.1 Å². The summed E-state index contributed by atoms with van der Waals surface area (Å²) in [5.74, 6) is -0.545. The van der Waals surface area contributed by atoms with Gasteiger partial charge in [0, 0.05) is 18.2 Å². The molecule has 1 aliphatic rings. The molecule has 0 aliphatic carbocycles. The SMILES string of the molecule is COc1cc(-c2nn(-c3ccc(CCN4CCCC4)cc3)c(=O)n2CC(=O)NC(C)C)ccc1F.O=CO. The summed E-state index contributed by atoms with van der Waals surface area (Å²) in [5, 5.41) is 14.2.